The van der Waals surface area contributed by atoms with E-state index < -0.39 is 0 Å². The lowest BCUT2D eigenvalue weighted by molar-refractivity contribution is -0.137. The van der Waals surface area contributed by atoms with E-state index in [1.54, 1.807) is 18.0 Å². The van der Waals surface area contributed by atoms with Crippen molar-refractivity contribution in [2.45, 2.75) is 26.1 Å². The number of hydrogen-bond donors (Lipinski definition) is 1. The number of amides is 1. The Kier molecular flexibility index (Phi) is 4.09. The lowest BCUT2D eigenvalue weighted by Crippen LogP contribution is -2.38. The van der Waals surface area contributed by atoms with Gasteiger partial charge in [-0.05, 0) is 18.1 Å². The molecule has 2 aliphatic heterocycles. The molecule has 7 nitrogen and oxygen atoms in total. The number of carbonyl (C=O) groups is 1. The van der Waals surface area contributed by atoms with Gasteiger partial charge in [-0.15, -0.1) is 0 Å². The zero-order valence-electron chi connectivity index (χ0n) is 14.1. The second-order valence-corrected chi connectivity index (χ2v) is 6.42. The number of hydrogen-bond acceptors (Lipinski definition) is 5. The Hall–Kier alpha value is -2.54. The van der Waals surface area contributed by atoms with Gasteiger partial charge in [0, 0.05) is 12.1 Å². The van der Waals surface area contributed by atoms with Crippen LogP contribution in [0.1, 0.15) is 16.8 Å². The summed E-state index contributed by atoms with van der Waals surface area (Å²) in [4.78, 5) is 14.8. The van der Waals surface area contributed by atoms with Crippen molar-refractivity contribution in [3.63, 3.8) is 0 Å². The standard InChI is InChI=1S/C18H21N3O4/c1-24-16-4-2-3-12-7-13(11-25-17(12)16)18(23)20-9-14-8-19-21(5-6-22)15(14)10-20/h2-4,8,13,22H,5-7,9-11H2,1H3/t13-/m0/s1. The maximum Gasteiger partial charge on any atom is 0.230 e. The van der Waals surface area contributed by atoms with Gasteiger partial charge in [-0.2, -0.15) is 5.10 Å². The molecule has 1 amide bonds. The number of aromatic nitrogens is 2. The molecule has 132 valence electrons. The summed E-state index contributed by atoms with van der Waals surface area (Å²) in [5, 5.41) is 13.4. The molecule has 1 aromatic heterocycles. The van der Waals surface area contributed by atoms with Crippen LogP contribution in [0.4, 0.5) is 0 Å². The van der Waals surface area contributed by atoms with Crippen LogP contribution in [0.2, 0.25) is 0 Å². The fourth-order valence-corrected chi connectivity index (χ4v) is 3.62. The van der Waals surface area contributed by atoms with Crippen molar-refractivity contribution in [1.82, 2.24) is 14.7 Å². The summed E-state index contributed by atoms with van der Waals surface area (Å²) >= 11 is 0. The molecule has 0 bridgehead atoms. The van der Waals surface area contributed by atoms with Gasteiger partial charge >= 0.3 is 0 Å². The zero-order valence-corrected chi connectivity index (χ0v) is 14.1. The van der Waals surface area contributed by atoms with E-state index in [1.165, 1.54) is 0 Å². The SMILES string of the molecule is COc1cccc2c1OC[C@@H](C(=O)N1Cc3cnn(CCO)c3C1)C2. The second-order valence-electron chi connectivity index (χ2n) is 6.42. The molecule has 7 heteroatoms. The summed E-state index contributed by atoms with van der Waals surface area (Å²) in [6.07, 6.45) is 2.44. The van der Waals surface area contributed by atoms with Crippen LogP contribution < -0.4 is 9.47 Å². The van der Waals surface area contributed by atoms with Crippen molar-refractivity contribution in [1.29, 1.82) is 0 Å². The van der Waals surface area contributed by atoms with Gasteiger partial charge in [0.2, 0.25) is 5.91 Å². The second kappa shape index (κ2) is 6.40. The molecular formula is C18H21N3O4. The normalized spacial score (nSPS) is 18.5. The predicted molar refractivity (Wildman–Crippen MR) is 89.2 cm³/mol. The van der Waals surface area contributed by atoms with Gasteiger partial charge in [0.25, 0.3) is 0 Å². The third-order valence-corrected chi connectivity index (χ3v) is 4.89. The van der Waals surface area contributed by atoms with Gasteiger partial charge in [-0.25, -0.2) is 0 Å². The van der Waals surface area contributed by atoms with Crippen LogP contribution in [0.25, 0.3) is 0 Å². The highest BCUT2D eigenvalue weighted by atomic mass is 16.5. The molecular weight excluding hydrogens is 322 g/mol. The van der Waals surface area contributed by atoms with Gasteiger partial charge in [-0.3, -0.25) is 9.48 Å². The molecule has 0 fully saturated rings. The minimum absolute atomic E-state index is 0.0388. The molecule has 0 saturated carbocycles. The topological polar surface area (TPSA) is 76.8 Å². The van der Waals surface area contributed by atoms with E-state index >= 15 is 0 Å². The highest BCUT2D eigenvalue weighted by Gasteiger charge is 2.34. The first-order valence-corrected chi connectivity index (χ1v) is 8.43. The van der Waals surface area contributed by atoms with Gasteiger partial charge < -0.3 is 19.5 Å². The molecule has 2 aromatic rings. The fraction of sp³-hybridized carbons (Fsp3) is 0.444. The van der Waals surface area contributed by atoms with Crippen molar-refractivity contribution in [2.75, 3.05) is 20.3 Å². The van der Waals surface area contributed by atoms with Crippen LogP contribution >= 0.6 is 0 Å². The van der Waals surface area contributed by atoms with E-state index in [9.17, 15) is 4.79 Å². The first-order valence-electron chi connectivity index (χ1n) is 8.43. The van der Waals surface area contributed by atoms with Crippen LogP contribution in [-0.4, -0.2) is 46.0 Å². The number of nitrogens with zero attached hydrogens (tertiary/aromatic N) is 3. The summed E-state index contributed by atoms with van der Waals surface area (Å²) in [5.74, 6) is 1.36. The number of para-hydroxylation sites is 1. The van der Waals surface area contributed by atoms with Crippen molar-refractivity contribution < 1.29 is 19.4 Å². The molecule has 0 saturated heterocycles. The number of fused-ring (bicyclic) bond motifs is 2. The maximum absolute atomic E-state index is 12.9. The predicted octanol–water partition coefficient (Wildman–Crippen LogP) is 0.977. The molecule has 0 aliphatic carbocycles. The Balaban J connectivity index is 1.48. The van der Waals surface area contributed by atoms with E-state index in [1.807, 2.05) is 23.1 Å². The number of rotatable bonds is 4. The molecule has 1 aromatic carbocycles. The Morgan fingerprint density at radius 2 is 2.28 bits per heavy atom. The summed E-state index contributed by atoms with van der Waals surface area (Å²) in [5.41, 5.74) is 3.08. The van der Waals surface area contributed by atoms with Gasteiger partial charge in [0.15, 0.2) is 11.5 Å². The Morgan fingerprint density at radius 3 is 3.08 bits per heavy atom. The van der Waals surface area contributed by atoms with Crippen LogP contribution in [0, 0.1) is 5.92 Å². The minimum Gasteiger partial charge on any atom is -0.493 e. The average molecular weight is 343 g/mol. The molecule has 1 atom stereocenters. The largest absolute Gasteiger partial charge is 0.493 e. The molecule has 1 N–H and O–H groups in total. The third-order valence-electron chi connectivity index (χ3n) is 4.89. The van der Waals surface area contributed by atoms with Crippen LogP contribution in [0.15, 0.2) is 24.4 Å². The lowest BCUT2D eigenvalue weighted by atomic mass is 9.95. The maximum atomic E-state index is 12.9. The van der Waals surface area contributed by atoms with Crippen molar-refractivity contribution in [3.05, 3.63) is 41.2 Å². The smallest absolute Gasteiger partial charge is 0.230 e. The van der Waals surface area contributed by atoms with E-state index in [4.69, 9.17) is 14.6 Å². The molecule has 3 heterocycles. The van der Waals surface area contributed by atoms with E-state index in [2.05, 4.69) is 5.10 Å². The lowest BCUT2D eigenvalue weighted by Gasteiger charge is -2.28. The highest BCUT2D eigenvalue weighted by Crippen LogP contribution is 2.37. The summed E-state index contributed by atoms with van der Waals surface area (Å²) in [7, 11) is 1.62. The molecule has 0 spiro atoms. The Morgan fingerprint density at radius 1 is 1.40 bits per heavy atom. The average Bonchev–Trinajstić information content (AvgIpc) is 3.22. The highest BCUT2D eigenvalue weighted by molar-refractivity contribution is 5.80. The molecule has 0 radical (unpaired) electrons. The van der Waals surface area contributed by atoms with E-state index in [-0.39, 0.29) is 18.4 Å². The number of ether oxygens (including phenoxy) is 2. The minimum atomic E-state index is -0.192. The van der Waals surface area contributed by atoms with Crippen LogP contribution in [0.5, 0.6) is 11.5 Å². The van der Waals surface area contributed by atoms with E-state index in [0.29, 0.717) is 38.4 Å². The summed E-state index contributed by atoms with van der Waals surface area (Å²) in [6.45, 7) is 1.97. The van der Waals surface area contributed by atoms with Gasteiger partial charge in [0.1, 0.15) is 6.61 Å². The van der Waals surface area contributed by atoms with Crippen molar-refractivity contribution in [2.24, 2.45) is 5.92 Å². The first-order chi connectivity index (χ1) is 12.2. The number of benzene rings is 1. The molecule has 2 aliphatic rings. The summed E-state index contributed by atoms with van der Waals surface area (Å²) in [6, 6.07) is 5.77. The summed E-state index contributed by atoms with van der Waals surface area (Å²) < 4.78 is 12.9. The molecule has 25 heavy (non-hydrogen) atoms. The van der Waals surface area contributed by atoms with Crippen LogP contribution in [0.3, 0.4) is 0 Å². The third kappa shape index (κ3) is 2.74. The van der Waals surface area contributed by atoms with E-state index in [0.717, 1.165) is 22.6 Å². The Labute approximate surface area is 145 Å². The number of aliphatic hydroxyl groups excluding tert-OH is 1. The van der Waals surface area contributed by atoms with Crippen molar-refractivity contribution in [3.8, 4) is 11.5 Å². The number of carbonyl (C=O) groups excluding carboxylic acids is 1. The monoisotopic (exact) mass is 343 g/mol. The van der Waals surface area contributed by atoms with Gasteiger partial charge in [-0.1, -0.05) is 12.1 Å². The molecule has 4 rings (SSSR count). The first kappa shape index (κ1) is 16.0. The number of aliphatic hydroxyl groups is 1. The fourth-order valence-electron chi connectivity index (χ4n) is 3.62. The quantitative estimate of drug-likeness (QED) is 0.895. The van der Waals surface area contributed by atoms with Crippen LogP contribution in [-0.2, 0) is 30.8 Å². The molecule has 0 unspecified atom stereocenters. The Bertz CT molecular complexity index is 802. The zero-order chi connectivity index (χ0) is 17.4. The van der Waals surface area contributed by atoms with Crippen molar-refractivity contribution >= 4 is 5.91 Å². The van der Waals surface area contributed by atoms with Gasteiger partial charge in [0.05, 0.1) is 44.6 Å². The number of methoxy groups -OCH3 is 1.